The van der Waals surface area contributed by atoms with Gasteiger partial charge in [0.25, 0.3) is 0 Å². The highest BCUT2D eigenvalue weighted by Gasteiger charge is 2.59. The van der Waals surface area contributed by atoms with E-state index in [2.05, 4.69) is 20.8 Å². The Morgan fingerprint density at radius 3 is 1.96 bits per heavy atom. The Kier molecular flexibility index (Phi) is 8.63. The van der Waals surface area contributed by atoms with Gasteiger partial charge in [-0.25, -0.2) is 9.59 Å². The Bertz CT molecular complexity index is 507. The molecule has 0 radical (unpaired) electrons. The second-order valence-electron chi connectivity index (χ2n) is 10.1. The number of ether oxygens (including phenoxy) is 1. The van der Waals surface area contributed by atoms with Gasteiger partial charge >= 0.3 is 12.1 Å². The van der Waals surface area contributed by atoms with Crippen LogP contribution in [0.25, 0.3) is 0 Å². The van der Waals surface area contributed by atoms with Crippen LogP contribution in [0.3, 0.4) is 0 Å². The van der Waals surface area contributed by atoms with Gasteiger partial charge in [-0.2, -0.15) is 0 Å². The van der Waals surface area contributed by atoms with E-state index in [1.165, 1.54) is 56.3 Å². The number of carboxylic acid groups (broad SMARTS) is 1. The lowest BCUT2D eigenvalue weighted by Gasteiger charge is -2.27. The number of amides is 1. The van der Waals surface area contributed by atoms with Gasteiger partial charge < -0.3 is 9.84 Å². The van der Waals surface area contributed by atoms with Crippen molar-refractivity contribution < 1.29 is 19.4 Å². The first kappa shape index (κ1) is 23.0. The fourth-order valence-electron chi connectivity index (χ4n) is 4.40. The van der Waals surface area contributed by atoms with E-state index >= 15 is 0 Å². The highest BCUT2D eigenvalue weighted by Crippen LogP contribution is 2.52. The zero-order valence-electron chi connectivity index (χ0n) is 18.3. The van der Waals surface area contributed by atoms with Crippen LogP contribution >= 0.6 is 0 Å². The van der Waals surface area contributed by atoms with E-state index < -0.39 is 18.1 Å². The van der Waals surface area contributed by atoms with Crippen molar-refractivity contribution in [3.63, 3.8) is 0 Å². The molecule has 0 aromatic rings. The number of carboxylic acids is 1. The van der Waals surface area contributed by atoms with Gasteiger partial charge in [0.05, 0.1) is 6.61 Å². The van der Waals surface area contributed by atoms with E-state index in [-0.39, 0.29) is 5.54 Å². The number of carbonyl (C=O) groups excluding carboxylic acids is 1. The summed E-state index contributed by atoms with van der Waals surface area (Å²) >= 11 is 0. The summed E-state index contributed by atoms with van der Waals surface area (Å²) in [5.74, 6) is -0.904. The minimum absolute atomic E-state index is 0.201. The van der Waals surface area contributed by atoms with Crippen molar-refractivity contribution in [2.75, 3.05) is 6.61 Å². The van der Waals surface area contributed by atoms with Gasteiger partial charge in [0.15, 0.2) is 0 Å². The molecule has 5 nitrogen and oxygen atoms in total. The van der Waals surface area contributed by atoms with E-state index in [0.717, 1.165) is 32.1 Å². The number of likely N-dealkylation sites (tertiary alicyclic amines) is 1. The molecule has 1 N–H and O–H groups in total. The first-order valence-electron chi connectivity index (χ1n) is 11.4. The maximum absolute atomic E-state index is 12.4. The molecule has 2 aliphatic rings. The van der Waals surface area contributed by atoms with E-state index in [9.17, 15) is 14.7 Å². The molecule has 0 aromatic carbocycles. The Morgan fingerprint density at radius 1 is 0.929 bits per heavy atom. The zero-order chi connectivity index (χ0) is 20.6. The average molecular weight is 396 g/mol. The lowest BCUT2D eigenvalue weighted by Crippen LogP contribution is -2.46. The Hall–Kier alpha value is -1.26. The van der Waals surface area contributed by atoms with E-state index in [1.54, 1.807) is 0 Å². The van der Waals surface area contributed by atoms with E-state index in [1.807, 2.05) is 0 Å². The predicted molar refractivity (Wildman–Crippen MR) is 111 cm³/mol. The van der Waals surface area contributed by atoms with Crippen molar-refractivity contribution in [3.05, 3.63) is 0 Å². The number of hydrogen-bond acceptors (Lipinski definition) is 3. The molecule has 162 valence electrons. The molecular formula is C23H41NO4. The molecule has 0 aromatic heterocycles. The van der Waals surface area contributed by atoms with Gasteiger partial charge in [-0.1, -0.05) is 72.1 Å². The molecule has 1 atom stereocenters. The maximum atomic E-state index is 12.4. The fourth-order valence-corrected chi connectivity index (χ4v) is 4.40. The number of unbranched alkanes of at least 4 members (excludes halogenated alkanes) is 8. The molecule has 1 saturated carbocycles. The number of rotatable bonds is 12. The van der Waals surface area contributed by atoms with Crippen molar-refractivity contribution in [2.45, 2.75) is 122 Å². The number of hydrogen-bond donors (Lipinski definition) is 1. The second-order valence-corrected chi connectivity index (χ2v) is 10.1. The van der Waals surface area contributed by atoms with Crippen LogP contribution in [-0.4, -0.2) is 40.3 Å². The Labute approximate surface area is 171 Å². The van der Waals surface area contributed by atoms with Gasteiger partial charge in [-0.05, 0) is 43.9 Å². The summed E-state index contributed by atoms with van der Waals surface area (Å²) in [5, 5.41) is 9.34. The molecule has 1 aliphatic heterocycles. The molecule has 0 bridgehead atoms. The minimum Gasteiger partial charge on any atom is -0.480 e. The van der Waals surface area contributed by atoms with Crippen molar-refractivity contribution >= 4 is 12.1 Å². The molecule has 1 aliphatic carbocycles. The molecule has 2 rings (SSSR count). The summed E-state index contributed by atoms with van der Waals surface area (Å²) in [6.07, 6.45) is 15.1. The van der Waals surface area contributed by atoms with E-state index in [0.29, 0.717) is 18.4 Å². The molecule has 1 heterocycles. The van der Waals surface area contributed by atoms with Crippen LogP contribution in [0, 0.1) is 5.41 Å². The average Bonchev–Trinajstić information content (AvgIpc) is 3.27. The summed E-state index contributed by atoms with van der Waals surface area (Å²) in [7, 11) is 0. The lowest BCUT2D eigenvalue weighted by atomic mass is 9.89. The third kappa shape index (κ3) is 7.29. The van der Waals surface area contributed by atoms with Gasteiger partial charge in [0, 0.05) is 5.54 Å². The second kappa shape index (κ2) is 10.5. The standard InChI is InChI=1S/C23H41NO4/c1-22(2,3)14-11-9-7-5-4-6-8-10-12-18-28-21(27)24-19(20(25)26)13-15-23(24)16-17-23/h19H,4-18H2,1-3H3,(H,25,26). The first-order chi connectivity index (χ1) is 13.3. The molecule has 1 spiro atoms. The summed E-state index contributed by atoms with van der Waals surface area (Å²) in [6.45, 7) is 7.34. The van der Waals surface area contributed by atoms with Crippen LogP contribution in [0.5, 0.6) is 0 Å². The van der Waals surface area contributed by atoms with Crippen LogP contribution in [0.15, 0.2) is 0 Å². The van der Waals surface area contributed by atoms with Crippen LogP contribution < -0.4 is 0 Å². The van der Waals surface area contributed by atoms with Crippen LogP contribution in [-0.2, 0) is 9.53 Å². The van der Waals surface area contributed by atoms with Gasteiger partial charge in [-0.15, -0.1) is 0 Å². The summed E-state index contributed by atoms with van der Waals surface area (Å²) < 4.78 is 5.41. The normalized spacial score (nSPS) is 20.5. The van der Waals surface area contributed by atoms with E-state index in [4.69, 9.17) is 4.74 Å². The van der Waals surface area contributed by atoms with Crippen LogP contribution in [0.1, 0.15) is 111 Å². The quantitative estimate of drug-likeness (QED) is 0.402. The zero-order valence-corrected chi connectivity index (χ0v) is 18.3. The lowest BCUT2D eigenvalue weighted by molar-refractivity contribution is -0.142. The summed E-state index contributed by atoms with van der Waals surface area (Å²) in [5.41, 5.74) is 0.263. The van der Waals surface area contributed by atoms with Crippen molar-refractivity contribution in [1.29, 1.82) is 0 Å². The van der Waals surface area contributed by atoms with Crippen molar-refractivity contribution in [2.24, 2.45) is 5.41 Å². The third-order valence-corrected chi connectivity index (χ3v) is 6.31. The highest BCUT2D eigenvalue weighted by molar-refractivity contribution is 5.82. The minimum atomic E-state index is -0.904. The molecule has 1 saturated heterocycles. The predicted octanol–water partition coefficient (Wildman–Crippen LogP) is 6.15. The molecule has 2 fully saturated rings. The molecule has 1 amide bonds. The SMILES string of the molecule is CC(C)(C)CCCCCCCCCCCOC(=O)N1C(C(=O)O)CCC12CC2. The number of aliphatic carboxylic acids is 1. The largest absolute Gasteiger partial charge is 0.480 e. The Morgan fingerprint density at radius 2 is 1.46 bits per heavy atom. The first-order valence-corrected chi connectivity index (χ1v) is 11.4. The number of carbonyl (C=O) groups is 2. The fraction of sp³-hybridized carbons (Fsp3) is 0.913. The van der Waals surface area contributed by atoms with Crippen LogP contribution in [0.2, 0.25) is 0 Å². The van der Waals surface area contributed by atoms with Gasteiger partial charge in [-0.3, -0.25) is 4.90 Å². The highest BCUT2D eigenvalue weighted by atomic mass is 16.6. The van der Waals surface area contributed by atoms with Gasteiger partial charge in [0.2, 0.25) is 0 Å². The summed E-state index contributed by atoms with van der Waals surface area (Å²) in [4.78, 5) is 25.3. The van der Waals surface area contributed by atoms with Crippen molar-refractivity contribution in [3.8, 4) is 0 Å². The molecule has 28 heavy (non-hydrogen) atoms. The molecule has 5 heteroatoms. The van der Waals surface area contributed by atoms with Crippen LogP contribution in [0.4, 0.5) is 4.79 Å². The smallest absolute Gasteiger partial charge is 0.410 e. The monoisotopic (exact) mass is 395 g/mol. The molecular weight excluding hydrogens is 354 g/mol. The number of nitrogens with zero attached hydrogens (tertiary/aromatic N) is 1. The Balaban J connectivity index is 1.45. The third-order valence-electron chi connectivity index (χ3n) is 6.31. The summed E-state index contributed by atoms with van der Waals surface area (Å²) in [6, 6.07) is -0.696. The molecule has 1 unspecified atom stereocenters. The maximum Gasteiger partial charge on any atom is 0.410 e. The topological polar surface area (TPSA) is 66.8 Å². The van der Waals surface area contributed by atoms with Crippen molar-refractivity contribution in [1.82, 2.24) is 4.90 Å². The van der Waals surface area contributed by atoms with Gasteiger partial charge in [0.1, 0.15) is 6.04 Å².